The van der Waals surface area contributed by atoms with Gasteiger partial charge in [0, 0.05) is 6.07 Å². The third kappa shape index (κ3) is 2.85. The van der Waals surface area contributed by atoms with Crippen molar-refractivity contribution in [2.45, 2.75) is 13.8 Å². The topological polar surface area (TPSA) is 62.6 Å². The second-order valence-electron chi connectivity index (χ2n) is 6.05. The highest BCUT2D eigenvalue weighted by Crippen LogP contribution is 2.40. The highest BCUT2D eigenvalue weighted by Gasteiger charge is 2.34. The molecule has 0 radical (unpaired) electrons. The van der Waals surface area contributed by atoms with Gasteiger partial charge in [-0.1, -0.05) is 17.7 Å². The highest BCUT2D eigenvalue weighted by molar-refractivity contribution is 8.19. The number of amides is 1. The average molecular weight is 387 g/mol. The highest BCUT2D eigenvalue weighted by atomic mass is 35.5. The minimum absolute atomic E-state index is 0.157. The Bertz CT molecular complexity index is 987. The van der Waals surface area contributed by atoms with Crippen molar-refractivity contribution < 1.29 is 14.3 Å². The van der Waals surface area contributed by atoms with Gasteiger partial charge in [0.05, 0.1) is 15.6 Å². The van der Waals surface area contributed by atoms with E-state index in [1.807, 2.05) is 32.0 Å². The van der Waals surface area contributed by atoms with E-state index in [1.54, 1.807) is 18.2 Å². The van der Waals surface area contributed by atoms with Crippen LogP contribution in [0.15, 0.2) is 35.2 Å². The van der Waals surface area contributed by atoms with Crippen LogP contribution in [0, 0.1) is 19.3 Å². The number of fused-ring (bicyclic) bond motifs is 1. The summed E-state index contributed by atoms with van der Waals surface area (Å²) in [5, 5.41) is 8.85. The van der Waals surface area contributed by atoms with Gasteiger partial charge in [0.1, 0.15) is 0 Å². The summed E-state index contributed by atoms with van der Waals surface area (Å²) in [6.45, 7) is 4.15. The summed E-state index contributed by atoms with van der Waals surface area (Å²) in [6.07, 6.45) is 1.69. The van der Waals surface area contributed by atoms with Gasteiger partial charge in [-0.05, 0) is 66.6 Å². The summed E-state index contributed by atoms with van der Waals surface area (Å²) < 4.78 is 10.7. The van der Waals surface area contributed by atoms with Crippen LogP contribution in [0.4, 0.5) is 5.69 Å². The smallest absolute Gasteiger partial charge is 0.271 e. The first kappa shape index (κ1) is 17.0. The van der Waals surface area contributed by atoms with Crippen molar-refractivity contribution in [3.05, 3.63) is 56.9 Å². The number of anilines is 1. The minimum Gasteiger partial charge on any atom is -0.454 e. The van der Waals surface area contributed by atoms with E-state index in [2.05, 4.69) is 0 Å². The van der Waals surface area contributed by atoms with Gasteiger partial charge in [-0.15, -0.1) is 0 Å². The van der Waals surface area contributed by atoms with E-state index in [0.717, 1.165) is 22.9 Å². The van der Waals surface area contributed by atoms with Gasteiger partial charge >= 0.3 is 0 Å². The molecule has 0 saturated carbocycles. The van der Waals surface area contributed by atoms with Crippen molar-refractivity contribution in [1.29, 1.82) is 5.41 Å². The maximum absolute atomic E-state index is 12.9. The number of amidine groups is 1. The predicted molar refractivity (Wildman–Crippen MR) is 104 cm³/mol. The molecule has 1 saturated heterocycles. The Kier molecular flexibility index (Phi) is 4.17. The Morgan fingerprint density at radius 2 is 1.88 bits per heavy atom. The molecule has 1 amide bonds. The van der Waals surface area contributed by atoms with Gasteiger partial charge in [-0.3, -0.25) is 15.1 Å². The summed E-state index contributed by atoms with van der Waals surface area (Å²) in [4.78, 5) is 14.7. The maximum Gasteiger partial charge on any atom is 0.271 e. The molecule has 4 rings (SSSR count). The molecule has 5 nitrogen and oxygen atoms in total. The molecule has 0 aliphatic carbocycles. The zero-order chi connectivity index (χ0) is 18.4. The third-order valence-electron chi connectivity index (χ3n) is 4.35. The molecule has 0 bridgehead atoms. The van der Waals surface area contributed by atoms with Gasteiger partial charge in [0.2, 0.25) is 6.79 Å². The van der Waals surface area contributed by atoms with Gasteiger partial charge in [0.15, 0.2) is 16.7 Å². The van der Waals surface area contributed by atoms with Crippen molar-refractivity contribution in [2.24, 2.45) is 0 Å². The molecule has 0 atom stereocenters. The van der Waals surface area contributed by atoms with Crippen molar-refractivity contribution in [3.8, 4) is 11.5 Å². The lowest BCUT2D eigenvalue weighted by atomic mass is 10.1. The molecule has 0 aromatic heterocycles. The van der Waals surface area contributed by atoms with Crippen LogP contribution in [0.1, 0.15) is 16.7 Å². The van der Waals surface area contributed by atoms with E-state index in [-0.39, 0.29) is 17.9 Å². The van der Waals surface area contributed by atoms with Crippen molar-refractivity contribution in [3.63, 3.8) is 0 Å². The fraction of sp³-hybridized carbons (Fsp3) is 0.158. The Hall–Kier alpha value is -2.44. The number of aryl methyl sites for hydroxylation is 2. The fourth-order valence-corrected chi connectivity index (χ4v) is 3.83. The van der Waals surface area contributed by atoms with Crippen LogP contribution in [-0.4, -0.2) is 17.9 Å². The molecule has 2 aliphatic heterocycles. The maximum atomic E-state index is 12.9. The van der Waals surface area contributed by atoms with Crippen LogP contribution in [0.25, 0.3) is 6.08 Å². The van der Waals surface area contributed by atoms with E-state index in [1.165, 1.54) is 4.90 Å². The Morgan fingerprint density at radius 1 is 1.15 bits per heavy atom. The lowest BCUT2D eigenvalue weighted by Crippen LogP contribution is -2.28. The van der Waals surface area contributed by atoms with E-state index >= 15 is 0 Å². The molecular weight excluding hydrogens is 372 g/mol. The van der Waals surface area contributed by atoms with Crippen LogP contribution in [0.3, 0.4) is 0 Å². The Balaban J connectivity index is 1.69. The second kappa shape index (κ2) is 6.37. The molecule has 1 N–H and O–H groups in total. The monoisotopic (exact) mass is 386 g/mol. The summed E-state index contributed by atoms with van der Waals surface area (Å²) in [5.74, 6) is 0.946. The fourth-order valence-electron chi connectivity index (χ4n) is 2.77. The first-order chi connectivity index (χ1) is 12.4. The normalized spacial score (nSPS) is 17.5. The minimum atomic E-state index is -0.239. The van der Waals surface area contributed by atoms with Crippen LogP contribution >= 0.6 is 23.4 Å². The zero-order valence-electron chi connectivity index (χ0n) is 14.1. The number of hydrogen-bond acceptors (Lipinski definition) is 5. The molecule has 0 spiro atoms. The standard InChI is InChI=1S/C19H15ClN2O3S/c1-10-3-4-13(5-11(10)2)22-18(23)17(26-19(22)21)7-12-6-15-16(8-14(12)20)25-9-24-15/h3-8,21H,9H2,1-2H3/b17-7+,21-19?. The SMILES string of the molecule is Cc1ccc(N2C(=N)S/C(=C/c3cc4c(cc3Cl)OCO4)C2=O)cc1C. The van der Waals surface area contributed by atoms with Gasteiger partial charge in [-0.25, -0.2) is 0 Å². The number of hydrogen-bond donors (Lipinski definition) is 1. The number of nitrogens with zero attached hydrogens (tertiary/aromatic N) is 1. The third-order valence-corrected chi connectivity index (χ3v) is 5.57. The number of ether oxygens (including phenoxy) is 2. The van der Waals surface area contributed by atoms with Crippen molar-refractivity contribution in [1.82, 2.24) is 0 Å². The molecule has 132 valence electrons. The Morgan fingerprint density at radius 3 is 2.62 bits per heavy atom. The molecule has 2 aliphatic rings. The number of benzene rings is 2. The zero-order valence-corrected chi connectivity index (χ0v) is 15.7. The number of halogens is 1. The largest absolute Gasteiger partial charge is 0.454 e. The molecule has 2 heterocycles. The van der Waals surface area contributed by atoms with Crippen LogP contribution in [0.2, 0.25) is 5.02 Å². The molecule has 7 heteroatoms. The van der Waals surface area contributed by atoms with Gasteiger partial charge in [-0.2, -0.15) is 0 Å². The Labute approximate surface area is 160 Å². The molecular formula is C19H15ClN2O3S. The number of rotatable bonds is 2. The van der Waals surface area contributed by atoms with E-state index in [9.17, 15) is 4.79 Å². The second-order valence-corrected chi connectivity index (χ2v) is 7.49. The number of nitrogens with one attached hydrogen (secondary N) is 1. The number of thioether (sulfide) groups is 1. The molecule has 2 aromatic carbocycles. The van der Waals surface area contributed by atoms with Crippen LogP contribution in [0.5, 0.6) is 11.5 Å². The predicted octanol–water partition coefficient (Wildman–Crippen LogP) is 4.74. The summed E-state index contributed by atoms with van der Waals surface area (Å²) in [6, 6.07) is 9.14. The van der Waals surface area contributed by atoms with Crippen LogP contribution < -0.4 is 14.4 Å². The summed E-state index contributed by atoms with van der Waals surface area (Å²) >= 11 is 7.41. The van der Waals surface area contributed by atoms with E-state index in [0.29, 0.717) is 32.7 Å². The first-order valence-corrected chi connectivity index (χ1v) is 9.12. The van der Waals surface area contributed by atoms with Gasteiger partial charge < -0.3 is 9.47 Å². The quantitative estimate of drug-likeness (QED) is 0.757. The number of carbonyl (C=O) groups is 1. The average Bonchev–Trinajstić information content (AvgIpc) is 3.15. The van der Waals surface area contributed by atoms with E-state index < -0.39 is 0 Å². The van der Waals surface area contributed by atoms with Crippen molar-refractivity contribution >= 4 is 46.2 Å². The van der Waals surface area contributed by atoms with Crippen LogP contribution in [-0.2, 0) is 4.79 Å². The first-order valence-electron chi connectivity index (χ1n) is 7.93. The summed E-state index contributed by atoms with van der Waals surface area (Å²) in [5.41, 5.74) is 3.56. The lowest BCUT2D eigenvalue weighted by molar-refractivity contribution is -0.113. The molecule has 2 aromatic rings. The molecule has 0 unspecified atom stereocenters. The van der Waals surface area contributed by atoms with E-state index in [4.69, 9.17) is 26.5 Å². The number of carbonyl (C=O) groups excluding carboxylic acids is 1. The van der Waals surface area contributed by atoms with Crippen molar-refractivity contribution in [2.75, 3.05) is 11.7 Å². The van der Waals surface area contributed by atoms with Gasteiger partial charge in [0.25, 0.3) is 5.91 Å². The lowest BCUT2D eigenvalue weighted by Gasteiger charge is -2.15. The molecule has 1 fully saturated rings. The summed E-state index contributed by atoms with van der Waals surface area (Å²) in [7, 11) is 0. The molecule has 26 heavy (non-hydrogen) atoms.